The molecule has 0 radical (unpaired) electrons. The highest BCUT2D eigenvalue weighted by Crippen LogP contribution is 2.28. The van der Waals surface area contributed by atoms with Crippen LogP contribution in [0.15, 0.2) is 22.7 Å². The Bertz CT molecular complexity index is 433. The fourth-order valence-electron chi connectivity index (χ4n) is 2.43. The minimum Gasteiger partial charge on any atom is -0.496 e. The average Bonchev–Trinajstić information content (AvgIpc) is 2.50. The van der Waals surface area contributed by atoms with Crippen LogP contribution in [-0.2, 0) is 11.2 Å². The largest absolute Gasteiger partial charge is 0.496 e. The number of nitrogens with one attached hydrogen (secondary N) is 1. The third-order valence-corrected chi connectivity index (χ3v) is 4.82. The van der Waals surface area contributed by atoms with E-state index < -0.39 is 0 Å². The van der Waals surface area contributed by atoms with E-state index in [-0.39, 0.29) is 11.6 Å². The monoisotopic (exact) mass is 357 g/mol. The zero-order valence-electron chi connectivity index (χ0n) is 13.8. The molecule has 0 amide bonds. The van der Waals surface area contributed by atoms with Crippen LogP contribution in [0.4, 0.5) is 0 Å². The van der Waals surface area contributed by atoms with Gasteiger partial charge in [-0.25, -0.2) is 0 Å². The van der Waals surface area contributed by atoms with E-state index in [0.717, 1.165) is 36.0 Å². The van der Waals surface area contributed by atoms with E-state index in [1.807, 2.05) is 6.07 Å². The van der Waals surface area contributed by atoms with Gasteiger partial charge in [0, 0.05) is 13.2 Å². The molecule has 0 spiro atoms. The molecule has 0 aliphatic carbocycles. The van der Waals surface area contributed by atoms with Crippen molar-refractivity contribution in [1.29, 1.82) is 0 Å². The molecule has 1 N–H and O–H groups in total. The topological polar surface area (TPSA) is 30.5 Å². The Morgan fingerprint density at radius 1 is 1.29 bits per heavy atom. The lowest BCUT2D eigenvalue weighted by atomic mass is 9.88. The number of hydrogen-bond acceptors (Lipinski definition) is 3. The van der Waals surface area contributed by atoms with E-state index in [0.29, 0.717) is 0 Å². The van der Waals surface area contributed by atoms with E-state index in [4.69, 9.17) is 9.47 Å². The molecular weight excluding hydrogens is 330 g/mol. The summed E-state index contributed by atoms with van der Waals surface area (Å²) in [6.45, 7) is 7.54. The van der Waals surface area contributed by atoms with Crippen LogP contribution in [0.5, 0.6) is 5.75 Å². The number of ether oxygens (including phenoxy) is 2. The smallest absolute Gasteiger partial charge is 0.133 e. The Labute approximate surface area is 137 Å². The molecule has 0 fully saturated rings. The van der Waals surface area contributed by atoms with Crippen molar-refractivity contribution in [2.24, 2.45) is 0 Å². The summed E-state index contributed by atoms with van der Waals surface area (Å²) in [5.41, 5.74) is 1.11. The summed E-state index contributed by atoms with van der Waals surface area (Å²) >= 11 is 3.56. The minimum absolute atomic E-state index is 0.165. The van der Waals surface area contributed by atoms with Crippen molar-refractivity contribution in [3.05, 3.63) is 28.2 Å². The highest BCUT2D eigenvalue weighted by atomic mass is 79.9. The van der Waals surface area contributed by atoms with Gasteiger partial charge in [0.1, 0.15) is 5.75 Å². The van der Waals surface area contributed by atoms with Gasteiger partial charge in [-0.1, -0.05) is 19.9 Å². The van der Waals surface area contributed by atoms with E-state index in [1.165, 1.54) is 5.56 Å². The molecule has 0 aliphatic heterocycles. The third kappa shape index (κ3) is 4.97. The Morgan fingerprint density at radius 2 is 2.00 bits per heavy atom. The van der Waals surface area contributed by atoms with E-state index in [9.17, 15) is 0 Å². The minimum atomic E-state index is -0.165. The van der Waals surface area contributed by atoms with Crippen LogP contribution in [0.3, 0.4) is 0 Å². The SMILES string of the molecule is CCCNC(Cc1ccc(OC)c(Br)c1)C(C)(CC)OC. The molecular formula is C17H28BrNO2. The summed E-state index contributed by atoms with van der Waals surface area (Å²) in [6, 6.07) is 6.54. The second-order valence-electron chi connectivity index (χ2n) is 5.55. The van der Waals surface area contributed by atoms with E-state index in [2.05, 4.69) is 54.2 Å². The standard InChI is InChI=1S/C17H28BrNO2/c1-6-10-19-16(17(3,7-2)21-5)12-13-8-9-15(20-4)14(18)11-13/h8-9,11,16,19H,6-7,10,12H2,1-5H3. The molecule has 120 valence electrons. The molecule has 0 aromatic heterocycles. The average molecular weight is 358 g/mol. The van der Waals surface area contributed by atoms with Gasteiger partial charge in [0.2, 0.25) is 0 Å². The number of methoxy groups -OCH3 is 2. The van der Waals surface area contributed by atoms with Crippen LogP contribution in [0.2, 0.25) is 0 Å². The maximum atomic E-state index is 5.79. The highest BCUT2D eigenvalue weighted by molar-refractivity contribution is 9.10. The molecule has 0 aliphatic rings. The van der Waals surface area contributed by atoms with Gasteiger partial charge in [-0.05, 0) is 66.4 Å². The van der Waals surface area contributed by atoms with Crippen LogP contribution in [-0.4, -0.2) is 32.4 Å². The zero-order valence-corrected chi connectivity index (χ0v) is 15.4. The van der Waals surface area contributed by atoms with Crippen molar-refractivity contribution in [2.45, 2.75) is 51.7 Å². The van der Waals surface area contributed by atoms with Gasteiger partial charge in [-0.2, -0.15) is 0 Å². The molecule has 1 aromatic carbocycles. The molecule has 2 unspecified atom stereocenters. The first kappa shape index (κ1) is 18.5. The summed E-state index contributed by atoms with van der Waals surface area (Å²) in [5, 5.41) is 3.64. The normalized spacial score (nSPS) is 15.5. The first-order valence-electron chi connectivity index (χ1n) is 7.61. The van der Waals surface area contributed by atoms with Crippen molar-refractivity contribution >= 4 is 15.9 Å². The molecule has 0 bridgehead atoms. The van der Waals surface area contributed by atoms with Gasteiger partial charge in [0.25, 0.3) is 0 Å². The summed E-state index contributed by atoms with van der Waals surface area (Å²) in [7, 11) is 3.48. The van der Waals surface area contributed by atoms with Gasteiger partial charge in [-0.15, -0.1) is 0 Å². The Balaban J connectivity index is 2.92. The summed E-state index contributed by atoms with van der Waals surface area (Å²) < 4.78 is 12.1. The van der Waals surface area contributed by atoms with Crippen LogP contribution in [0.25, 0.3) is 0 Å². The predicted octanol–water partition coefficient (Wildman–Crippen LogP) is 4.18. The molecule has 2 atom stereocenters. The van der Waals surface area contributed by atoms with Crippen LogP contribution in [0.1, 0.15) is 39.2 Å². The van der Waals surface area contributed by atoms with Gasteiger partial charge in [0.15, 0.2) is 0 Å². The van der Waals surface area contributed by atoms with E-state index >= 15 is 0 Å². The van der Waals surface area contributed by atoms with Gasteiger partial charge in [0.05, 0.1) is 17.2 Å². The molecule has 21 heavy (non-hydrogen) atoms. The quantitative estimate of drug-likeness (QED) is 0.718. The predicted molar refractivity (Wildman–Crippen MR) is 92.2 cm³/mol. The maximum absolute atomic E-state index is 5.79. The third-order valence-electron chi connectivity index (χ3n) is 4.20. The molecule has 1 rings (SSSR count). The van der Waals surface area contributed by atoms with Crippen LogP contribution < -0.4 is 10.1 Å². The van der Waals surface area contributed by atoms with Crippen molar-refractivity contribution in [3.63, 3.8) is 0 Å². The van der Waals surface area contributed by atoms with Gasteiger partial charge in [-0.3, -0.25) is 0 Å². The lowest BCUT2D eigenvalue weighted by molar-refractivity contribution is -0.0287. The molecule has 0 heterocycles. The number of benzene rings is 1. The number of halogens is 1. The molecule has 0 saturated carbocycles. The Kier molecular flexibility index (Phi) is 7.71. The number of rotatable bonds is 9. The Morgan fingerprint density at radius 3 is 2.48 bits per heavy atom. The van der Waals surface area contributed by atoms with Crippen LogP contribution >= 0.6 is 15.9 Å². The van der Waals surface area contributed by atoms with Gasteiger partial charge < -0.3 is 14.8 Å². The van der Waals surface area contributed by atoms with Crippen molar-refractivity contribution in [3.8, 4) is 5.75 Å². The van der Waals surface area contributed by atoms with Crippen molar-refractivity contribution in [1.82, 2.24) is 5.32 Å². The van der Waals surface area contributed by atoms with E-state index in [1.54, 1.807) is 14.2 Å². The van der Waals surface area contributed by atoms with Gasteiger partial charge >= 0.3 is 0 Å². The second kappa shape index (κ2) is 8.76. The molecule has 1 aromatic rings. The first-order chi connectivity index (χ1) is 10.0. The molecule has 0 saturated heterocycles. The van der Waals surface area contributed by atoms with Crippen molar-refractivity contribution < 1.29 is 9.47 Å². The highest BCUT2D eigenvalue weighted by Gasteiger charge is 2.32. The molecule has 3 nitrogen and oxygen atoms in total. The van der Waals surface area contributed by atoms with Crippen molar-refractivity contribution in [2.75, 3.05) is 20.8 Å². The molecule has 4 heteroatoms. The fraction of sp³-hybridized carbons (Fsp3) is 0.647. The Hall–Kier alpha value is -0.580. The van der Waals surface area contributed by atoms with Crippen LogP contribution in [0, 0.1) is 0 Å². The fourth-order valence-corrected chi connectivity index (χ4v) is 3.02. The number of hydrogen-bond donors (Lipinski definition) is 1. The first-order valence-corrected chi connectivity index (χ1v) is 8.41. The maximum Gasteiger partial charge on any atom is 0.133 e. The zero-order chi connectivity index (χ0) is 15.9. The lowest BCUT2D eigenvalue weighted by Crippen LogP contribution is -2.51. The summed E-state index contributed by atoms with van der Waals surface area (Å²) in [5.74, 6) is 0.863. The lowest BCUT2D eigenvalue weighted by Gasteiger charge is -2.36. The second-order valence-corrected chi connectivity index (χ2v) is 6.40. The summed E-state index contributed by atoms with van der Waals surface area (Å²) in [4.78, 5) is 0. The summed E-state index contributed by atoms with van der Waals surface area (Å²) in [6.07, 6.45) is 3.02.